The molecular weight excluding hydrogens is 270 g/mol. The molecule has 1 amide bonds. The highest BCUT2D eigenvalue weighted by atomic mass is 16.5. The largest absolute Gasteiger partial charge is 0.465 e. The van der Waals surface area contributed by atoms with Crippen molar-refractivity contribution in [3.8, 4) is 0 Å². The predicted molar refractivity (Wildman–Crippen MR) is 77.5 cm³/mol. The van der Waals surface area contributed by atoms with Crippen molar-refractivity contribution in [2.45, 2.75) is 32.6 Å². The minimum Gasteiger partial charge on any atom is -0.465 e. The van der Waals surface area contributed by atoms with E-state index in [9.17, 15) is 4.79 Å². The number of amides is 1. The quantitative estimate of drug-likeness (QED) is 0.625. The van der Waals surface area contributed by atoms with E-state index in [1.54, 1.807) is 24.5 Å². The topological polar surface area (TPSA) is 81.2 Å². The molecule has 2 rings (SSSR count). The molecule has 0 fully saturated rings. The van der Waals surface area contributed by atoms with E-state index >= 15 is 0 Å². The fourth-order valence-electron chi connectivity index (χ4n) is 1.66. The Kier molecular flexibility index (Phi) is 5.31. The fraction of sp³-hybridized carbons (Fsp3) is 0.400. The number of nitrogens with zero attached hydrogens (tertiary/aromatic N) is 2. The molecule has 0 unspecified atom stereocenters. The van der Waals surface area contributed by atoms with Gasteiger partial charge in [0.05, 0.1) is 6.26 Å². The normalized spacial score (nSPS) is 11.4. The summed E-state index contributed by atoms with van der Waals surface area (Å²) < 4.78 is 10.2. The van der Waals surface area contributed by atoms with Gasteiger partial charge in [0.15, 0.2) is 5.82 Å². The van der Waals surface area contributed by atoms with Crippen LogP contribution in [-0.2, 0) is 11.2 Å². The van der Waals surface area contributed by atoms with E-state index in [2.05, 4.69) is 15.5 Å². The molecule has 2 heterocycles. The Morgan fingerprint density at radius 1 is 1.48 bits per heavy atom. The highest BCUT2D eigenvalue weighted by molar-refractivity contribution is 5.91. The molecule has 0 atom stereocenters. The maximum absolute atomic E-state index is 11.6. The molecule has 0 aromatic carbocycles. The van der Waals surface area contributed by atoms with Crippen LogP contribution in [0.3, 0.4) is 0 Å². The predicted octanol–water partition coefficient (Wildman–Crippen LogP) is 2.55. The maximum atomic E-state index is 11.6. The average Bonchev–Trinajstić information content (AvgIpc) is 3.12. The molecule has 0 aliphatic heterocycles. The number of nitrogens with one attached hydrogen (secondary N) is 1. The molecule has 0 radical (unpaired) electrons. The van der Waals surface area contributed by atoms with Crippen LogP contribution in [0, 0.1) is 0 Å². The molecule has 0 aliphatic rings. The Bertz CT molecular complexity index is 585. The van der Waals surface area contributed by atoms with Crippen LogP contribution >= 0.6 is 0 Å². The molecule has 0 bridgehead atoms. The van der Waals surface area contributed by atoms with E-state index in [1.165, 1.54) is 6.08 Å². The van der Waals surface area contributed by atoms with Crippen molar-refractivity contribution < 1.29 is 13.7 Å². The van der Waals surface area contributed by atoms with Crippen molar-refractivity contribution >= 4 is 12.0 Å². The van der Waals surface area contributed by atoms with E-state index < -0.39 is 0 Å². The first-order valence-corrected chi connectivity index (χ1v) is 6.97. The first-order valence-electron chi connectivity index (χ1n) is 6.97. The summed E-state index contributed by atoms with van der Waals surface area (Å²) in [4.78, 5) is 15.8. The number of hydrogen-bond donors (Lipinski definition) is 1. The summed E-state index contributed by atoms with van der Waals surface area (Å²) >= 11 is 0. The van der Waals surface area contributed by atoms with Crippen LogP contribution in [0.15, 0.2) is 33.4 Å². The van der Waals surface area contributed by atoms with Crippen molar-refractivity contribution in [1.29, 1.82) is 0 Å². The second kappa shape index (κ2) is 7.42. The van der Waals surface area contributed by atoms with Gasteiger partial charge in [0.1, 0.15) is 5.76 Å². The fourth-order valence-corrected chi connectivity index (χ4v) is 1.66. The number of carbonyl (C=O) groups is 1. The SMILES string of the molecule is CC(C)c1noc(CCCNC(=O)/C=C\c2ccco2)n1. The summed E-state index contributed by atoms with van der Waals surface area (Å²) in [6.45, 7) is 4.58. The maximum Gasteiger partial charge on any atom is 0.244 e. The van der Waals surface area contributed by atoms with E-state index in [4.69, 9.17) is 8.94 Å². The number of aryl methyl sites for hydroxylation is 1. The van der Waals surface area contributed by atoms with E-state index in [1.807, 2.05) is 13.8 Å². The molecule has 21 heavy (non-hydrogen) atoms. The van der Waals surface area contributed by atoms with Crippen LogP contribution in [0.5, 0.6) is 0 Å². The Morgan fingerprint density at radius 3 is 3.00 bits per heavy atom. The first-order chi connectivity index (χ1) is 10.1. The third-order valence-electron chi connectivity index (χ3n) is 2.81. The highest BCUT2D eigenvalue weighted by Crippen LogP contribution is 2.10. The molecule has 0 spiro atoms. The lowest BCUT2D eigenvalue weighted by Gasteiger charge is -1.99. The van der Waals surface area contributed by atoms with Crippen molar-refractivity contribution in [1.82, 2.24) is 15.5 Å². The van der Waals surface area contributed by atoms with Gasteiger partial charge < -0.3 is 14.3 Å². The van der Waals surface area contributed by atoms with E-state index in [0.717, 1.165) is 12.2 Å². The Hall–Kier alpha value is -2.37. The summed E-state index contributed by atoms with van der Waals surface area (Å²) in [5, 5.41) is 6.68. The number of rotatable bonds is 7. The van der Waals surface area contributed by atoms with Gasteiger partial charge >= 0.3 is 0 Å². The Morgan fingerprint density at radius 2 is 2.33 bits per heavy atom. The lowest BCUT2D eigenvalue weighted by atomic mass is 10.2. The third-order valence-corrected chi connectivity index (χ3v) is 2.81. The van der Waals surface area contributed by atoms with Gasteiger partial charge in [0.25, 0.3) is 0 Å². The summed E-state index contributed by atoms with van der Waals surface area (Å²) in [6, 6.07) is 3.55. The molecule has 0 saturated carbocycles. The second-order valence-corrected chi connectivity index (χ2v) is 4.94. The molecule has 0 aliphatic carbocycles. The summed E-state index contributed by atoms with van der Waals surface area (Å²) in [6.07, 6.45) is 6.04. The molecule has 2 aromatic heterocycles. The lowest BCUT2D eigenvalue weighted by Crippen LogP contribution is -2.22. The lowest BCUT2D eigenvalue weighted by molar-refractivity contribution is -0.116. The zero-order valence-corrected chi connectivity index (χ0v) is 12.2. The smallest absolute Gasteiger partial charge is 0.244 e. The minimum atomic E-state index is -0.153. The molecular formula is C15H19N3O3. The van der Waals surface area contributed by atoms with Gasteiger partial charge in [-0.05, 0) is 24.6 Å². The molecule has 0 saturated heterocycles. The van der Waals surface area contributed by atoms with Crippen LogP contribution in [0.1, 0.15) is 43.7 Å². The highest BCUT2D eigenvalue weighted by Gasteiger charge is 2.09. The number of hydrogen-bond acceptors (Lipinski definition) is 5. The summed E-state index contributed by atoms with van der Waals surface area (Å²) in [7, 11) is 0. The zero-order chi connectivity index (χ0) is 15.1. The number of aromatic nitrogens is 2. The van der Waals surface area contributed by atoms with E-state index in [0.29, 0.717) is 24.6 Å². The van der Waals surface area contributed by atoms with Gasteiger partial charge in [-0.25, -0.2) is 0 Å². The first kappa shape index (κ1) is 15.0. The van der Waals surface area contributed by atoms with Gasteiger partial charge in [0.2, 0.25) is 11.8 Å². The molecule has 2 aromatic rings. The summed E-state index contributed by atoms with van der Waals surface area (Å²) in [5.41, 5.74) is 0. The number of furan rings is 1. The molecule has 6 nitrogen and oxygen atoms in total. The van der Waals surface area contributed by atoms with Crippen LogP contribution < -0.4 is 5.32 Å². The number of carbonyl (C=O) groups excluding carboxylic acids is 1. The van der Waals surface area contributed by atoms with Gasteiger partial charge in [0, 0.05) is 25.0 Å². The van der Waals surface area contributed by atoms with Crippen LogP contribution in [0.2, 0.25) is 0 Å². The molecule has 112 valence electrons. The van der Waals surface area contributed by atoms with Gasteiger partial charge in [-0.15, -0.1) is 0 Å². The molecule has 1 N–H and O–H groups in total. The zero-order valence-electron chi connectivity index (χ0n) is 12.2. The van der Waals surface area contributed by atoms with E-state index in [-0.39, 0.29) is 11.8 Å². The van der Waals surface area contributed by atoms with Gasteiger partial charge in [-0.3, -0.25) is 4.79 Å². The van der Waals surface area contributed by atoms with Crippen LogP contribution in [-0.4, -0.2) is 22.6 Å². The second-order valence-electron chi connectivity index (χ2n) is 4.94. The Labute approximate surface area is 123 Å². The summed E-state index contributed by atoms with van der Waals surface area (Å²) in [5.74, 6) is 2.08. The molecule has 6 heteroatoms. The monoisotopic (exact) mass is 289 g/mol. The van der Waals surface area contributed by atoms with Crippen LogP contribution in [0.25, 0.3) is 6.08 Å². The van der Waals surface area contributed by atoms with Crippen LogP contribution in [0.4, 0.5) is 0 Å². The average molecular weight is 289 g/mol. The third kappa shape index (κ3) is 4.91. The standard InChI is InChI=1S/C15H19N3O3/c1-11(2)15-17-14(21-18-15)6-3-9-16-13(19)8-7-12-5-4-10-20-12/h4-5,7-8,10-11H,3,6,9H2,1-2H3,(H,16,19)/b8-7-. The van der Waals surface area contributed by atoms with Gasteiger partial charge in [-0.1, -0.05) is 19.0 Å². The van der Waals surface area contributed by atoms with Crippen molar-refractivity contribution in [2.75, 3.05) is 6.54 Å². The minimum absolute atomic E-state index is 0.153. The van der Waals surface area contributed by atoms with Crippen molar-refractivity contribution in [2.24, 2.45) is 0 Å². The van der Waals surface area contributed by atoms with Gasteiger partial charge in [-0.2, -0.15) is 4.98 Å². The van der Waals surface area contributed by atoms with Crippen molar-refractivity contribution in [3.05, 3.63) is 41.9 Å². The van der Waals surface area contributed by atoms with Crippen molar-refractivity contribution in [3.63, 3.8) is 0 Å². The Balaban J connectivity index is 1.66.